The summed E-state index contributed by atoms with van der Waals surface area (Å²) in [6.45, 7) is 0.522. The first kappa shape index (κ1) is 20.1. The SMILES string of the molecule is COC(=O)c1ccc(NC(=O)N[C@H]2COC[C@H]2CS(=O)(=O)N(C)C)cc1. The number of anilines is 1. The van der Waals surface area contributed by atoms with E-state index in [1.54, 1.807) is 12.1 Å². The van der Waals surface area contributed by atoms with Gasteiger partial charge in [-0.05, 0) is 24.3 Å². The fourth-order valence-corrected chi connectivity index (χ4v) is 3.65. The van der Waals surface area contributed by atoms with Crippen LogP contribution in [0.5, 0.6) is 0 Å². The summed E-state index contributed by atoms with van der Waals surface area (Å²) in [6, 6.07) is 5.34. The van der Waals surface area contributed by atoms with Gasteiger partial charge in [-0.2, -0.15) is 0 Å². The maximum Gasteiger partial charge on any atom is 0.337 e. The van der Waals surface area contributed by atoms with Crippen molar-refractivity contribution >= 4 is 27.7 Å². The molecule has 9 nitrogen and oxygen atoms in total. The van der Waals surface area contributed by atoms with Crippen LogP contribution in [0.25, 0.3) is 0 Å². The van der Waals surface area contributed by atoms with E-state index in [-0.39, 0.29) is 24.9 Å². The average Bonchev–Trinajstić information content (AvgIpc) is 3.00. The molecule has 2 rings (SSSR count). The van der Waals surface area contributed by atoms with Crippen LogP contribution >= 0.6 is 0 Å². The summed E-state index contributed by atoms with van der Waals surface area (Å²) in [5, 5.41) is 5.38. The van der Waals surface area contributed by atoms with Crippen molar-refractivity contribution in [3.63, 3.8) is 0 Å². The summed E-state index contributed by atoms with van der Waals surface area (Å²) in [4.78, 5) is 23.5. The molecule has 0 spiro atoms. The summed E-state index contributed by atoms with van der Waals surface area (Å²) in [6.07, 6.45) is 0. The van der Waals surface area contributed by atoms with Crippen LogP contribution in [-0.2, 0) is 19.5 Å². The molecule has 2 N–H and O–H groups in total. The van der Waals surface area contributed by atoms with Gasteiger partial charge in [0.1, 0.15) is 0 Å². The zero-order valence-corrected chi connectivity index (χ0v) is 15.7. The maximum absolute atomic E-state index is 12.2. The highest BCUT2D eigenvalue weighted by Crippen LogP contribution is 2.18. The Morgan fingerprint density at radius 3 is 2.46 bits per heavy atom. The summed E-state index contributed by atoms with van der Waals surface area (Å²) >= 11 is 0. The fraction of sp³-hybridized carbons (Fsp3) is 0.500. The molecule has 1 aromatic rings. The second-order valence-corrected chi connectivity index (χ2v) is 8.36. The molecule has 0 unspecified atom stereocenters. The summed E-state index contributed by atoms with van der Waals surface area (Å²) < 4.78 is 35.1. The van der Waals surface area contributed by atoms with Gasteiger partial charge in [0.15, 0.2) is 0 Å². The number of nitrogens with zero attached hydrogens (tertiary/aromatic N) is 1. The third-order valence-corrected chi connectivity index (χ3v) is 6.02. The number of carbonyl (C=O) groups excluding carboxylic acids is 2. The molecule has 1 saturated heterocycles. The first-order chi connectivity index (χ1) is 12.2. The van der Waals surface area contributed by atoms with Crippen molar-refractivity contribution in [3.05, 3.63) is 29.8 Å². The highest BCUT2D eigenvalue weighted by atomic mass is 32.2. The van der Waals surface area contributed by atoms with Crippen LogP contribution < -0.4 is 10.6 Å². The molecule has 1 aliphatic heterocycles. The van der Waals surface area contributed by atoms with Crippen LogP contribution in [0, 0.1) is 5.92 Å². The van der Waals surface area contributed by atoms with Crippen molar-refractivity contribution in [2.75, 3.05) is 45.5 Å². The largest absolute Gasteiger partial charge is 0.465 e. The number of amides is 2. The molecule has 1 aliphatic rings. The Morgan fingerprint density at radius 2 is 1.88 bits per heavy atom. The van der Waals surface area contributed by atoms with Gasteiger partial charge in [-0.15, -0.1) is 0 Å². The Kier molecular flexibility index (Phi) is 6.57. The van der Waals surface area contributed by atoms with Gasteiger partial charge in [-0.1, -0.05) is 0 Å². The summed E-state index contributed by atoms with van der Waals surface area (Å²) in [7, 11) is 0.844. The van der Waals surface area contributed by atoms with E-state index in [0.29, 0.717) is 11.3 Å². The predicted molar refractivity (Wildman–Crippen MR) is 95.5 cm³/mol. The molecule has 144 valence electrons. The summed E-state index contributed by atoms with van der Waals surface area (Å²) in [5.74, 6) is -0.886. The van der Waals surface area contributed by atoms with E-state index in [0.717, 1.165) is 4.31 Å². The molecule has 0 saturated carbocycles. The lowest BCUT2D eigenvalue weighted by Crippen LogP contribution is -2.45. The molecule has 0 aliphatic carbocycles. The van der Waals surface area contributed by atoms with E-state index < -0.39 is 28.1 Å². The Balaban J connectivity index is 1.93. The third kappa shape index (κ3) is 5.16. The Bertz CT molecular complexity index is 748. The van der Waals surface area contributed by atoms with Crippen molar-refractivity contribution < 1.29 is 27.5 Å². The molecule has 1 aromatic carbocycles. The Hall–Kier alpha value is -2.17. The van der Waals surface area contributed by atoms with E-state index in [9.17, 15) is 18.0 Å². The van der Waals surface area contributed by atoms with Crippen LogP contribution in [0.3, 0.4) is 0 Å². The van der Waals surface area contributed by atoms with Gasteiger partial charge >= 0.3 is 12.0 Å². The number of carbonyl (C=O) groups is 2. The Morgan fingerprint density at radius 1 is 1.23 bits per heavy atom. The van der Waals surface area contributed by atoms with E-state index >= 15 is 0 Å². The van der Waals surface area contributed by atoms with Crippen molar-refractivity contribution in [2.45, 2.75) is 6.04 Å². The summed E-state index contributed by atoms with van der Waals surface area (Å²) in [5.41, 5.74) is 0.864. The van der Waals surface area contributed by atoms with Crippen LogP contribution in [0.15, 0.2) is 24.3 Å². The topological polar surface area (TPSA) is 114 Å². The quantitative estimate of drug-likeness (QED) is 0.690. The number of hydrogen-bond acceptors (Lipinski definition) is 6. The van der Waals surface area contributed by atoms with E-state index in [2.05, 4.69) is 15.4 Å². The van der Waals surface area contributed by atoms with Crippen molar-refractivity contribution in [2.24, 2.45) is 5.92 Å². The normalized spacial score (nSPS) is 20.0. The lowest BCUT2D eigenvalue weighted by atomic mass is 10.1. The molecule has 0 radical (unpaired) electrons. The minimum Gasteiger partial charge on any atom is -0.465 e. The molecule has 10 heteroatoms. The van der Waals surface area contributed by atoms with Gasteiger partial charge in [0.2, 0.25) is 10.0 Å². The van der Waals surface area contributed by atoms with Crippen molar-refractivity contribution in [1.29, 1.82) is 0 Å². The van der Waals surface area contributed by atoms with Crippen molar-refractivity contribution in [1.82, 2.24) is 9.62 Å². The average molecular weight is 385 g/mol. The lowest BCUT2D eigenvalue weighted by molar-refractivity contribution is 0.0600. The number of hydrogen-bond donors (Lipinski definition) is 2. The molecule has 2 amide bonds. The van der Waals surface area contributed by atoms with Gasteiger partial charge in [-0.25, -0.2) is 22.3 Å². The monoisotopic (exact) mass is 385 g/mol. The van der Waals surface area contributed by atoms with Crippen LogP contribution in [0.4, 0.5) is 10.5 Å². The second-order valence-electron chi connectivity index (χ2n) is 6.13. The zero-order chi connectivity index (χ0) is 19.3. The third-order valence-electron chi connectivity index (χ3n) is 4.06. The molecule has 1 heterocycles. The number of urea groups is 1. The molecular formula is C16H23N3O6S. The highest BCUT2D eigenvalue weighted by molar-refractivity contribution is 7.89. The van der Waals surface area contributed by atoms with Gasteiger partial charge in [0.05, 0.1) is 37.7 Å². The highest BCUT2D eigenvalue weighted by Gasteiger charge is 2.34. The first-order valence-electron chi connectivity index (χ1n) is 7.97. The van der Waals surface area contributed by atoms with Gasteiger partial charge in [-0.3, -0.25) is 0 Å². The first-order valence-corrected chi connectivity index (χ1v) is 9.57. The number of sulfonamides is 1. The number of nitrogens with one attached hydrogen (secondary N) is 2. The smallest absolute Gasteiger partial charge is 0.337 e. The minimum atomic E-state index is -3.39. The van der Waals surface area contributed by atoms with E-state index in [1.807, 2.05) is 0 Å². The Labute approximate surface area is 152 Å². The zero-order valence-electron chi connectivity index (χ0n) is 14.9. The van der Waals surface area contributed by atoms with E-state index in [1.165, 1.54) is 33.3 Å². The molecule has 2 atom stereocenters. The number of esters is 1. The number of methoxy groups -OCH3 is 1. The molecule has 0 aromatic heterocycles. The number of ether oxygens (including phenoxy) is 2. The van der Waals surface area contributed by atoms with Crippen LogP contribution in [0.1, 0.15) is 10.4 Å². The van der Waals surface area contributed by atoms with Crippen LogP contribution in [0.2, 0.25) is 0 Å². The molecule has 26 heavy (non-hydrogen) atoms. The number of benzene rings is 1. The minimum absolute atomic E-state index is 0.0984. The standard InChI is InChI=1S/C16H23N3O6S/c1-19(2)26(22,23)10-12-8-25-9-14(12)18-16(21)17-13-6-4-11(5-7-13)15(20)24-3/h4-7,12,14H,8-10H2,1-3H3,(H2,17,18,21)/t12-,14-/m0/s1. The lowest BCUT2D eigenvalue weighted by Gasteiger charge is -2.21. The van der Waals surface area contributed by atoms with E-state index in [4.69, 9.17) is 4.74 Å². The van der Waals surface area contributed by atoms with Gasteiger partial charge < -0.3 is 20.1 Å². The molecular weight excluding hydrogens is 362 g/mol. The van der Waals surface area contributed by atoms with Crippen molar-refractivity contribution in [3.8, 4) is 0 Å². The predicted octanol–water partition coefficient (Wildman–Crippen LogP) is 0.501. The van der Waals surface area contributed by atoms with Crippen LogP contribution in [-0.4, -0.2) is 70.9 Å². The van der Waals surface area contributed by atoms with Gasteiger partial charge in [0, 0.05) is 25.7 Å². The van der Waals surface area contributed by atoms with Gasteiger partial charge in [0.25, 0.3) is 0 Å². The fourth-order valence-electron chi connectivity index (χ4n) is 2.49. The second kappa shape index (κ2) is 8.47. The molecule has 0 bridgehead atoms. The maximum atomic E-state index is 12.2. The molecule has 1 fully saturated rings. The number of rotatable bonds is 6.